The van der Waals surface area contributed by atoms with Gasteiger partial charge in [-0.2, -0.15) is 0 Å². The highest BCUT2D eigenvalue weighted by atomic mass is 16.2. The second-order valence-corrected chi connectivity index (χ2v) is 5.68. The van der Waals surface area contributed by atoms with Gasteiger partial charge in [0.05, 0.1) is 0 Å². The Morgan fingerprint density at radius 2 is 2.16 bits per heavy atom. The summed E-state index contributed by atoms with van der Waals surface area (Å²) in [5.41, 5.74) is 1.77. The highest BCUT2D eigenvalue weighted by Crippen LogP contribution is 2.12. The molecule has 0 spiro atoms. The number of carbonyl (C=O) groups is 1. The van der Waals surface area contributed by atoms with E-state index >= 15 is 0 Å². The first-order valence-electron chi connectivity index (χ1n) is 6.84. The molecule has 2 rings (SSSR count). The number of hydrogen-bond donors (Lipinski definition) is 2. The van der Waals surface area contributed by atoms with Crippen LogP contribution in [0, 0.1) is 0 Å². The molecule has 0 bridgehead atoms. The minimum absolute atomic E-state index is 0.0213. The molecule has 1 aromatic heterocycles. The summed E-state index contributed by atoms with van der Waals surface area (Å²) >= 11 is 0. The molecule has 2 heterocycles. The summed E-state index contributed by atoms with van der Waals surface area (Å²) in [6.07, 6.45) is 0. The molecule has 0 saturated carbocycles. The summed E-state index contributed by atoms with van der Waals surface area (Å²) in [7, 11) is 3.53. The molecule has 0 radical (unpaired) electrons. The Kier molecular flexibility index (Phi) is 4.27. The Hall–Kier alpha value is -1.33. The van der Waals surface area contributed by atoms with E-state index in [4.69, 9.17) is 0 Å². The van der Waals surface area contributed by atoms with Gasteiger partial charge in [-0.15, -0.1) is 0 Å². The van der Waals surface area contributed by atoms with Crippen molar-refractivity contribution in [1.82, 2.24) is 20.1 Å². The van der Waals surface area contributed by atoms with E-state index in [0.717, 1.165) is 25.3 Å². The number of rotatable bonds is 3. The molecular formula is C14H24N4O. The largest absolute Gasteiger partial charge is 0.353 e. The molecule has 106 valence electrons. The highest BCUT2D eigenvalue weighted by Gasteiger charge is 2.22. The number of amides is 1. The Labute approximate surface area is 115 Å². The van der Waals surface area contributed by atoms with Crippen LogP contribution in [0.3, 0.4) is 0 Å². The fraction of sp³-hybridized carbons (Fsp3) is 0.643. The normalized spacial score (nSPS) is 24.4. The molecule has 2 atom stereocenters. The Morgan fingerprint density at radius 3 is 2.84 bits per heavy atom. The van der Waals surface area contributed by atoms with Crippen molar-refractivity contribution in [2.45, 2.75) is 32.5 Å². The molecule has 5 nitrogen and oxygen atoms in total. The zero-order valence-electron chi connectivity index (χ0n) is 12.2. The molecule has 5 heteroatoms. The maximum Gasteiger partial charge on any atom is 0.269 e. The van der Waals surface area contributed by atoms with Crippen molar-refractivity contribution in [2.75, 3.05) is 27.2 Å². The number of nitrogens with zero attached hydrogens (tertiary/aromatic N) is 2. The summed E-state index contributed by atoms with van der Waals surface area (Å²) in [4.78, 5) is 19.1. The third kappa shape index (κ3) is 3.36. The monoisotopic (exact) mass is 264 g/mol. The van der Waals surface area contributed by atoms with Crippen LogP contribution in [-0.2, 0) is 6.54 Å². The third-order valence-electron chi connectivity index (χ3n) is 3.65. The Bertz CT molecular complexity index is 440. The summed E-state index contributed by atoms with van der Waals surface area (Å²) in [5.74, 6) is 0.0213. The van der Waals surface area contributed by atoms with Crippen LogP contribution in [0.15, 0.2) is 12.1 Å². The molecule has 2 unspecified atom stereocenters. The molecule has 1 aromatic rings. The van der Waals surface area contributed by atoms with Gasteiger partial charge in [0.1, 0.15) is 5.69 Å². The smallest absolute Gasteiger partial charge is 0.269 e. The van der Waals surface area contributed by atoms with Crippen LogP contribution in [0.5, 0.6) is 0 Å². The van der Waals surface area contributed by atoms with Crippen LogP contribution >= 0.6 is 0 Å². The number of nitrogens with one attached hydrogen (secondary N) is 2. The number of H-pyrrole nitrogens is 1. The summed E-state index contributed by atoms with van der Waals surface area (Å²) < 4.78 is 0. The van der Waals surface area contributed by atoms with Gasteiger partial charge in [0.2, 0.25) is 0 Å². The van der Waals surface area contributed by atoms with Crippen molar-refractivity contribution in [1.29, 1.82) is 0 Å². The van der Waals surface area contributed by atoms with Gasteiger partial charge in [-0.3, -0.25) is 9.69 Å². The lowest BCUT2D eigenvalue weighted by atomic mass is 10.1. The number of hydrogen-bond acceptors (Lipinski definition) is 3. The van der Waals surface area contributed by atoms with Gasteiger partial charge in [-0.05, 0) is 26.0 Å². The first-order valence-corrected chi connectivity index (χ1v) is 6.84. The minimum atomic E-state index is 0.0213. The van der Waals surface area contributed by atoms with E-state index < -0.39 is 0 Å². The van der Waals surface area contributed by atoms with E-state index in [-0.39, 0.29) is 5.91 Å². The lowest BCUT2D eigenvalue weighted by Crippen LogP contribution is -2.53. The second-order valence-electron chi connectivity index (χ2n) is 5.68. The van der Waals surface area contributed by atoms with Gasteiger partial charge in [0.15, 0.2) is 0 Å². The Morgan fingerprint density at radius 1 is 1.42 bits per heavy atom. The molecule has 1 aliphatic rings. The quantitative estimate of drug-likeness (QED) is 0.853. The lowest BCUT2D eigenvalue weighted by molar-refractivity contribution is 0.0822. The van der Waals surface area contributed by atoms with Gasteiger partial charge in [0, 0.05) is 51.5 Å². The van der Waals surface area contributed by atoms with Gasteiger partial charge < -0.3 is 15.2 Å². The van der Waals surface area contributed by atoms with E-state index in [1.165, 1.54) is 0 Å². The summed E-state index contributed by atoms with van der Waals surface area (Å²) in [6.45, 7) is 7.36. The fourth-order valence-electron chi connectivity index (χ4n) is 2.43. The molecule has 2 N–H and O–H groups in total. The Balaban J connectivity index is 2.01. The average Bonchev–Trinajstić information content (AvgIpc) is 2.81. The van der Waals surface area contributed by atoms with Crippen molar-refractivity contribution in [3.63, 3.8) is 0 Å². The zero-order chi connectivity index (χ0) is 14.0. The van der Waals surface area contributed by atoms with Crippen LogP contribution in [-0.4, -0.2) is 60.0 Å². The van der Waals surface area contributed by atoms with Crippen molar-refractivity contribution in [2.24, 2.45) is 0 Å². The summed E-state index contributed by atoms with van der Waals surface area (Å²) in [5, 5.41) is 3.47. The lowest BCUT2D eigenvalue weighted by Gasteiger charge is -2.37. The maximum atomic E-state index is 11.8. The molecule has 0 aromatic carbocycles. The van der Waals surface area contributed by atoms with Gasteiger partial charge in [0.25, 0.3) is 5.91 Å². The standard InChI is InChI=1S/C14H24N4O/c1-10-8-18(11(2)7-15-10)9-12-5-6-13(16-12)14(19)17(3)4/h5-6,10-11,15-16H,7-9H2,1-4H3. The SMILES string of the molecule is CC1CN(Cc2ccc(C(=O)N(C)C)[nH]2)C(C)CN1. The molecule has 1 saturated heterocycles. The van der Waals surface area contributed by atoms with E-state index in [2.05, 4.69) is 29.0 Å². The van der Waals surface area contributed by atoms with Crippen molar-refractivity contribution >= 4 is 5.91 Å². The predicted molar refractivity (Wildman–Crippen MR) is 76.1 cm³/mol. The molecule has 1 fully saturated rings. The van der Waals surface area contributed by atoms with E-state index in [9.17, 15) is 4.79 Å². The number of piperazine rings is 1. The third-order valence-corrected chi connectivity index (χ3v) is 3.65. The van der Waals surface area contributed by atoms with Crippen LogP contribution in [0.4, 0.5) is 0 Å². The van der Waals surface area contributed by atoms with Crippen molar-refractivity contribution < 1.29 is 4.79 Å². The first kappa shape index (κ1) is 14.1. The van der Waals surface area contributed by atoms with Crippen LogP contribution < -0.4 is 5.32 Å². The topological polar surface area (TPSA) is 51.4 Å². The van der Waals surface area contributed by atoms with E-state index in [0.29, 0.717) is 17.8 Å². The number of aromatic nitrogens is 1. The predicted octanol–water partition coefficient (Wildman–Crippen LogP) is 0.899. The summed E-state index contributed by atoms with van der Waals surface area (Å²) in [6, 6.07) is 4.92. The average molecular weight is 264 g/mol. The van der Waals surface area contributed by atoms with Gasteiger partial charge in [-0.25, -0.2) is 0 Å². The number of aromatic amines is 1. The fourth-order valence-corrected chi connectivity index (χ4v) is 2.43. The van der Waals surface area contributed by atoms with Crippen LogP contribution in [0.25, 0.3) is 0 Å². The minimum Gasteiger partial charge on any atom is -0.353 e. The first-order chi connectivity index (χ1) is 8.97. The van der Waals surface area contributed by atoms with Crippen LogP contribution in [0.1, 0.15) is 30.0 Å². The number of carbonyl (C=O) groups excluding carboxylic acids is 1. The van der Waals surface area contributed by atoms with Gasteiger partial charge >= 0.3 is 0 Å². The molecule has 0 aliphatic carbocycles. The molecule has 19 heavy (non-hydrogen) atoms. The maximum absolute atomic E-state index is 11.8. The van der Waals surface area contributed by atoms with Crippen molar-refractivity contribution in [3.8, 4) is 0 Å². The van der Waals surface area contributed by atoms with E-state index in [1.807, 2.05) is 12.1 Å². The highest BCUT2D eigenvalue weighted by molar-refractivity contribution is 5.92. The molecule has 1 aliphatic heterocycles. The zero-order valence-corrected chi connectivity index (χ0v) is 12.2. The van der Waals surface area contributed by atoms with Crippen molar-refractivity contribution in [3.05, 3.63) is 23.5 Å². The molecule has 1 amide bonds. The van der Waals surface area contributed by atoms with Crippen LogP contribution in [0.2, 0.25) is 0 Å². The second kappa shape index (κ2) is 5.75. The van der Waals surface area contributed by atoms with Gasteiger partial charge in [-0.1, -0.05) is 0 Å². The van der Waals surface area contributed by atoms with E-state index in [1.54, 1.807) is 19.0 Å². The molecular weight excluding hydrogens is 240 g/mol.